The van der Waals surface area contributed by atoms with E-state index in [1.54, 1.807) is 0 Å². The van der Waals surface area contributed by atoms with Crippen LogP contribution in [0.3, 0.4) is 0 Å². The molecule has 6 fully saturated rings. The minimum atomic E-state index is -0.393. The van der Waals surface area contributed by atoms with Crippen LogP contribution in [-0.4, -0.2) is 44.3 Å². The average Bonchev–Trinajstić information content (AvgIpc) is 3.43. The van der Waals surface area contributed by atoms with Gasteiger partial charge in [0.1, 0.15) is 6.29 Å². The van der Waals surface area contributed by atoms with Crippen molar-refractivity contribution in [2.45, 2.75) is 76.3 Å². The minimum absolute atomic E-state index is 0.106. The smallest absolute Gasteiger partial charge is 0.174 e. The molecular weight excluding hydrogens is 356 g/mol. The van der Waals surface area contributed by atoms with Crippen LogP contribution in [0, 0.1) is 34.5 Å². The Labute approximate surface area is 167 Å². The second-order valence-electron chi connectivity index (χ2n) is 10.6. The van der Waals surface area contributed by atoms with Crippen molar-refractivity contribution in [3.63, 3.8) is 0 Å². The van der Waals surface area contributed by atoms with Gasteiger partial charge in [-0.15, -0.1) is 0 Å². The molecule has 0 N–H and O–H groups in total. The van der Waals surface area contributed by atoms with E-state index in [1.807, 2.05) is 0 Å². The first kappa shape index (κ1) is 18.3. The number of carbonyl (C=O) groups is 1. The van der Waals surface area contributed by atoms with Crippen molar-refractivity contribution in [2.24, 2.45) is 34.5 Å². The molecule has 6 rings (SSSR count). The molecule has 6 atom stereocenters. The fraction of sp³-hybridized carbons (Fsp3) is 0.957. The summed E-state index contributed by atoms with van der Waals surface area (Å²) in [7, 11) is 0. The number of rotatable bonds is 1. The largest absolute Gasteiger partial charge is 0.348 e. The molecule has 0 amide bonds. The number of carbonyl (C=O) groups excluding carboxylic acids is 1. The summed E-state index contributed by atoms with van der Waals surface area (Å²) in [4.78, 5) is 12.7. The summed E-state index contributed by atoms with van der Waals surface area (Å²) in [5.74, 6) is 1.43. The van der Waals surface area contributed by atoms with Crippen molar-refractivity contribution in [1.82, 2.24) is 0 Å². The fourth-order valence-electron chi connectivity index (χ4n) is 8.78. The Kier molecular flexibility index (Phi) is 3.94. The van der Waals surface area contributed by atoms with Crippen LogP contribution in [-0.2, 0) is 23.7 Å². The Hall–Kier alpha value is -0.490. The first-order valence-electron chi connectivity index (χ1n) is 11.6. The van der Waals surface area contributed by atoms with E-state index in [2.05, 4.69) is 6.92 Å². The third-order valence-electron chi connectivity index (χ3n) is 10.1. The zero-order chi connectivity index (χ0) is 19.0. The van der Waals surface area contributed by atoms with Crippen molar-refractivity contribution in [1.29, 1.82) is 0 Å². The van der Waals surface area contributed by atoms with Crippen LogP contribution >= 0.6 is 0 Å². The second-order valence-corrected chi connectivity index (χ2v) is 10.6. The molecule has 5 nitrogen and oxygen atoms in total. The van der Waals surface area contributed by atoms with Gasteiger partial charge < -0.3 is 23.7 Å². The maximum Gasteiger partial charge on any atom is 0.174 e. The molecule has 0 aromatic rings. The van der Waals surface area contributed by atoms with E-state index in [0.29, 0.717) is 36.9 Å². The van der Waals surface area contributed by atoms with Gasteiger partial charge in [-0.3, -0.25) is 0 Å². The summed E-state index contributed by atoms with van der Waals surface area (Å²) >= 11 is 0. The van der Waals surface area contributed by atoms with Gasteiger partial charge in [-0.05, 0) is 62.2 Å². The van der Waals surface area contributed by atoms with Crippen LogP contribution in [0.1, 0.15) is 64.7 Å². The van der Waals surface area contributed by atoms with Gasteiger partial charge in [0.05, 0.1) is 26.4 Å². The zero-order valence-corrected chi connectivity index (χ0v) is 17.1. The summed E-state index contributed by atoms with van der Waals surface area (Å²) in [6, 6.07) is 0. The van der Waals surface area contributed by atoms with Crippen molar-refractivity contribution < 1.29 is 23.7 Å². The van der Waals surface area contributed by atoms with E-state index in [4.69, 9.17) is 18.9 Å². The Morgan fingerprint density at radius 3 is 2.25 bits per heavy atom. The molecule has 0 bridgehead atoms. The van der Waals surface area contributed by atoms with Crippen molar-refractivity contribution in [3.8, 4) is 0 Å². The molecule has 4 aliphatic carbocycles. The highest BCUT2D eigenvalue weighted by Gasteiger charge is 2.68. The standard InChI is InChI=1S/C23H34O5/c1-20-6-4-19-17(18(20)5-7-23(20)27-12-13-28-23)3-2-16-14-22(25-10-11-26-22)9-8-21(16,19)15-24/h15-19H,2-14H2,1H3/t16-,17-,18-,19-,20-,21+/m0/s1. The fourth-order valence-corrected chi connectivity index (χ4v) is 8.78. The topological polar surface area (TPSA) is 54.0 Å². The lowest BCUT2D eigenvalue weighted by Crippen LogP contribution is -2.59. The van der Waals surface area contributed by atoms with Crippen molar-refractivity contribution in [2.75, 3.05) is 26.4 Å². The lowest BCUT2D eigenvalue weighted by molar-refractivity contribution is -0.255. The van der Waals surface area contributed by atoms with E-state index >= 15 is 0 Å². The number of aldehydes is 1. The minimum Gasteiger partial charge on any atom is -0.348 e. The molecule has 28 heavy (non-hydrogen) atoms. The van der Waals surface area contributed by atoms with Crippen LogP contribution in [0.5, 0.6) is 0 Å². The van der Waals surface area contributed by atoms with E-state index < -0.39 is 5.79 Å². The maximum atomic E-state index is 12.7. The Morgan fingerprint density at radius 2 is 1.50 bits per heavy atom. The zero-order valence-electron chi connectivity index (χ0n) is 17.1. The highest BCUT2D eigenvalue weighted by molar-refractivity contribution is 5.62. The molecule has 2 heterocycles. The molecular formula is C23H34O5. The summed E-state index contributed by atoms with van der Waals surface area (Å²) in [5.41, 5.74) is -0.0624. The van der Waals surface area contributed by atoms with Crippen molar-refractivity contribution in [3.05, 3.63) is 0 Å². The molecule has 2 aliphatic heterocycles. The van der Waals surface area contributed by atoms with Crippen LogP contribution < -0.4 is 0 Å². The van der Waals surface area contributed by atoms with Gasteiger partial charge in [0.2, 0.25) is 0 Å². The molecule has 5 heteroatoms. The molecule has 2 spiro atoms. The van der Waals surface area contributed by atoms with Gasteiger partial charge >= 0.3 is 0 Å². The van der Waals surface area contributed by atoms with E-state index in [0.717, 1.165) is 58.2 Å². The third-order valence-corrected chi connectivity index (χ3v) is 10.1. The molecule has 6 aliphatic rings. The molecule has 156 valence electrons. The highest BCUT2D eigenvalue weighted by Crippen LogP contribution is 2.69. The molecule has 0 aromatic heterocycles. The number of fused-ring (bicyclic) bond motifs is 6. The number of hydrogen-bond donors (Lipinski definition) is 0. The number of ether oxygens (including phenoxy) is 4. The molecule has 0 unspecified atom stereocenters. The quantitative estimate of drug-likeness (QED) is 0.639. The normalized spacial score (nSPS) is 51.0. The van der Waals surface area contributed by atoms with Crippen LogP contribution in [0.15, 0.2) is 0 Å². The van der Waals surface area contributed by atoms with Gasteiger partial charge in [0.15, 0.2) is 11.6 Å². The molecule has 0 radical (unpaired) electrons. The highest BCUT2D eigenvalue weighted by atomic mass is 16.7. The van der Waals surface area contributed by atoms with Gasteiger partial charge in [-0.1, -0.05) is 6.92 Å². The Balaban J connectivity index is 1.30. The lowest BCUT2D eigenvalue weighted by Gasteiger charge is -2.61. The SMILES string of the molecule is C[C@]12CC[C@H]3[C@@H](CC[C@H]4CC5(CC[C@@]43C=O)OCCO5)[C@@H]1CCC21OCCO1. The van der Waals surface area contributed by atoms with Crippen LogP contribution in [0.4, 0.5) is 0 Å². The summed E-state index contributed by atoms with van der Waals surface area (Å²) in [6.45, 7) is 5.30. The summed E-state index contributed by atoms with van der Waals surface area (Å²) in [5, 5.41) is 0. The predicted octanol–water partition coefficient (Wildman–Crippen LogP) is 3.69. The van der Waals surface area contributed by atoms with Crippen LogP contribution in [0.2, 0.25) is 0 Å². The van der Waals surface area contributed by atoms with Crippen LogP contribution in [0.25, 0.3) is 0 Å². The first-order chi connectivity index (χ1) is 13.6. The maximum absolute atomic E-state index is 12.7. The van der Waals surface area contributed by atoms with Gasteiger partial charge in [0, 0.05) is 30.1 Å². The summed E-state index contributed by atoms with van der Waals surface area (Å²) < 4.78 is 24.6. The summed E-state index contributed by atoms with van der Waals surface area (Å²) in [6.07, 6.45) is 10.9. The van der Waals surface area contributed by atoms with Gasteiger partial charge in [-0.2, -0.15) is 0 Å². The predicted molar refractivity (Wildman–Crippen MR) is 101 cm³/mol. The third kappa shape index (κ3) is 2.15. The molecule has 4 saturated carbocycles. The van der Waals surface area contributed by atoms with E-state index in [-0.39, 0.29) is 16.6 Å². The lowest BCUT2D eigenvalue weighted by atomic mass is 9.44. The Morgan fingerprint density at radius 1 is 0.786 bits per heavy atom. The monoisotopic (exact) mass is 390 g/mol. The van der Waals surface area contributed by atoms with E-state index in [1.165, 1.54) is 19.1 Å². The van der Waals surface area contributed by atoms with E-state index in [9.17, 15) is 4.79 Å². The van der Waals surface area contributed by atoms with Gasteiger partial charge in [0.25, 0.3) is 0 Å². The number of hydrogen-bond acceptors (Lipinski definition) is 5. The second kappa shape index (κ2) is 6.03. The average molecular weight is 391 g/mol. The first-order valence-corrected chi connectivity index (χ1v) is 11.6. The van der Waals surface area contributed by atoms with Crippen molar-refractivity contribution >= 4 is 6.29 Å². The molecule has 2 saturated heterocycles. The Bertz CT molecular complexity index is 651. The molecule has 0 aromatic carbocycles. The van der Waals surface area contributed by atoms with Gasteiger partial charge in [-0.25, -0.2) is 0 Å².